The zero-order valence-corrected chi connectivity index (χ0v) is 15.8. The minimum Gasteiger partial charge on any atom is -0.444 e. The van der Waals surface area contributed by atoms with Crippen LogP contribution in [0.3, 0.4) is 0 Å². The zero-order chi connectivity index (χ0) is 20.1. The van der Waals surface area contributed by atoms with Crippen molar-refractivity contribution in [2.45, 2.75) is 32.4 Å². The van der Waals surface area contributed by atoms with Gasteiger partial charge in [-0.1, -0.05) is 37.6 Å². The van der Waals surface area contributed by atoms with Crippen LogP contribution in [0.25, 0.3) is 11.1 Å². The Morgan fingerprint density at radius 2 is 2.04 bits per heavy atom. The number of nitrogens with one attached hydrogen (secondary N) is 1. The van der Waals surface area contributed by atoms with Gasteiger partial charge in [0.2, 0.25) is 5.91 Å². The Labute approximate surface area is 163 Å². The van der Waals surface area contributed by atoms with Gasteiger partial charge in [-0.05, 0) is 35.7 Å². The Morgan fingerprint density at radius 3 is 2.68 bits per heavy atom. The number of halogens is 1. The van der Waals surface area contributed by atoms with Gasteiger partial charge < -0.3 is 15.8 Å². The van der Waals surface area contributed by atoms with E-state index in [2.05, 4.69) is 5.32 Å². The van der Waals surface area contributed by atoms with Crippen LogP contribution >= 0.6 is 0 Å². The third kappa shape index (κ3) is 4.48. The van der Waals surface area contributed by atoms with Gasteiger partial charge in [-0.25, -0.2) is 9.18 Å². The maximum Gasteiger partial charge on any atom is 0.414 e. The molecule has 0 aliphatic carbocycles. The first kappa shape index (κ1) is 19.8. The lowest BCUT2D eigenvalue weighted by Crippen LogP contribution is -2.29. The zero-order valence-electron chi connectivity index (χ0n) is 15.8. The van der Waals surface area contributed by atoms with Gasteiger partial charge in [0, 0.05) is 12.1 Å². The molecule has 1 atom stereocenters. The number of carbonyl (C=O) groups excluding carboxylic acids is 2. The van der Waals surface area contributed by atoms with Gasteiger partial charge in [0.15, 0.2) is 0 Å². The summed E-state index contributed by atoms with van der Waals surface area (Å²) >= 11 is 0. The second-order valence-corrected chi connectivity index (χ2v) is 6.75. The SMILES string of the molecule is CCC[C@H]1CN(c2ccc(-c3ccc(CNC(=O)CN)cc3)c(F)c2)C(=O)O1. The number of nitrogens with zero attached hydrogens (tertiary/aromatic N) is 1. The summed E-state index contributed by atoms with van der Waals surface area (Å²) in [7, 11) is 0. The van der Waals surface area contributed by atoms with E-state index in [-0.39, 0.29) is 18.6 Å². The predicted molar refractivity (Wildman–Crippen MR) is 105 cm³/mol. The van der Waals surface area contributed by atoms with Crippen LogP contribution in [-0.4, -0.2) is 31.2 Å². The van der Waals surface area contributed by atoms with Gasteiger partial charge >= 0.3 is 6.09 Å². The van der Waals surface area contributed by atoms with E-state index in [0.29, 0.717) is 29.9 Å². The summed E-state index contributed by atoms with van der Waals surface area (Å²) in [6.45, 7) is 2.78. The summed E-state index contributed by atoms with van der Waals surface area (Å²) in [5.41, 5.74) is 7.80. The lowest BCUT2D eigenvalue weighted by molar-refractivity contribution is -0.119. The van der Waals surface area contributed by atoms with Gasteiger partial charge in [-0.2, -0.15) is 0 Å². The molecule has 1 heterocycles. The first-order valence-electron chi connectivity index (χ1n) is 9.35. The molecule has 6 nitrogen and oxygen atoms in total. The first-order chi connectivity index (χ1) is 13.5. The Kier molecular flexibility index (Phi) is 6.26. The molecule has 7 heteroatoms. The van der Waals surface area contributed by atoms with E-state index in [4.69, 9.17) is 10.5 Å². The highest BCUT2D eigenvalue weighted by molar-refractivity contribution is 5.90. The number of rotatable bonds is 7. The molecule has 3 rings (SSSR count). The second-order valence-electron chi connectivity index (χ2n) is 6.75. The third-order valence-electron chi connectivity index (χ3n) is 4.69. The summed E-state index contributed by atoms with van der Waals surface area (Å²) in [5.74, 6) is -0.638. The quantitative estimate of drug-likeness (QED) is 0.767. The molecule has 1 aliphatic rings. The number of carbonyl (C=O) groups is 2. The average molecular weight is 385 g/mol. The van der Waals surface area contributed by atoms with Crippen LogP contribution in [-0.2, 0) is 16.1 Å². The molecular formula is C21H24FN3O3. The van der Waals surface area contributed by atoms with Gasteiger partial charge in [-0.15, -0.1) is 0 Å². The van der Waals surface area contributed by atoms with Crippen LogP contribution < -0.4 is 16.0 Å². The van der Waals surface area contributed by atoms with Crippen LogP contribution in [0, 0.1) is 5.82 Å². The Morgan fingerprint density at radius 1 is 1.29 bits per heavy atom. The van der Waals surface area contributed by atoms with Crippen molar-refractivity contribution < 1.29 is 18.7 Å². The number of hydrogen-bond donors (Lipinski definition) is 2. The van der Waals surface area contributed by atoms with E-state index >= 15 is 0 Å². The van der Waals surface area contributed by atoms with Crippen LogP contribution in [0.4, 0.5) is 14.9 Å². The fourth-order valence-electron chi connectivity index (χ4n) is 3.19. The summed E-state index contributed by atoms with van der Waals surface area (Å²) in [6, 6.07) is 12.0. The smallest absolute Gasteiger partial charge is 0.414 e. The van der Waals surface area contributed by atoms with Crippen LogP contribution in [0.5, 0.6) is 0 Å². The Balaban J connectivity index is 1.72. The van der Waals surface area contributed by atoms with Crippen molar-refractivity contribution in [2.24, 2.45) is 5.73 Å². The summed E-state index contributed by atoms with van der Waals surface area (Å²) in [5, 5.41) is 2.69. The minimum atomic E-state index is -0.436. The maximum absolute atomic E-state index is 14.7. The molecule has 1 aliphatic heterocycles. The molecule has 0 spiro atoms. The van der Waals surface area contributed by atoms with Crippen LogP contribution in [0.1, 0.15) is 25.3 Å². The average Bonchev–Trinajstić information content (AvgIpc) is 3.07. The molecule has 0 saturated carbocycles. The van der Waals surface area contributed by atoms with Crippen LogP contribution in [0.15, 0.2) is 42.5 Å². The topological polar surface area (TPSA) is 84.7 Å². The normalized spacial score (nSPS) is 16.2. The molecule has 2 amide bonds. The molecule has 2 aromatic rings. The van der Waals surface area contributed by atoms with Crippen molar-refractivity contribution in [1.82, 2.24) is 5.32 Å². The summed E-state index contributed by atoms with van der Waals surface area (Å²) in [6.07, 6.45) is 1.13. The van der Waals surface area contributed by atoms with Crippen molar-refractivity contribution in [3.63, 3.8) is 0 Å². The van der Waals surface area contributed by atoms with Gasteiger partial charge in [0.1, 0.15) is 11.9 Å². The molecule has 3 N–H and O–H groups in total. The van der Waals surface area contributed by atoms with Crippen molar-refractivity contribution >= 4 is 17.7 Å². The number of benzene rings is 2. The maximum atomic E-state index is 14.7. The first-order valence-corrected chi connectivity index (χ1v) is 9.35. The third-order valence-corrected chi connectivity index (χ3v) is 4.69. The highest BCUT2D eigenvalue weighted by Gasteiger charge is 2.32. The second kappa shape index (κ2) is 8.84. The summed E-state index contributed by atoms with van der Waals surface area (Å²) < 4.78 is 20.0. The van der Waals surface area contributed by atoms with Crippen molar-refractivity contribution in [3.05, 3.63) is 53.8 Å². The van der Waals surface area contributed by atoms with E-state index < -0.39 is 11.9 Å². The molecule has 148 valence electrons. The van der Waals surface area contributed by atoms with E-state index in [1.54, 1.807) is 24.3 Å². The van der Waals surface area contributed by atoms with Gasteiger partial charge in [0.25, 0.3) is 0 Å². The molecule has 2 aromatic carbocycles. The van der Waals surface area contributed by atoms with Gasteiger partial charge in [-0.3, -0.25) is 9.69 Å². The predicted octanol–water partition coefficient (Wildman–Crippen LogP) is 3.19. The molecule has 1 saturated heterocycles. The minimum absolute atomic E-state index is 0.0562. The van der Waals surface area contributed by atoms with E-state index in [0.717, 1.165) is 18.4 Å². The number of ether oxygens (including phenoxy) is 1. The van der Waals surface area contributed by atoms with Crippen molar-refractivity contribution in [1.29, 1.82) is 0 Å². The highest BCUT2D eigenvalue weighted by atomic mass is 19.1. The van der Waals surface area contributed by atoms with Crippen molar-refractivity contribution in [3.8, 4) is 11.1 Å². The molecule has 0 unspecified atom stereocenters. The Bertz CT molecular complexity index is 854. The molecule has 0 radical (unpaired) electrons. The number of anilines is 1. The lowest BCUT2D eigenvalue weighted by Gasteiger charge is -2.14. The van der Waals surface area contributed by atoms with Crippen molar-refractivity contribution in [2.75, 3.05) is 18.0 Å². The fraction of sp³-hybridized carbons (Fsp3) is 0.333. The monoisotopic (exact) mass is 385 g/mol. The van der Waals surface area contributed by atoms with Crippen LogP contribution in [0.2, 0.25) is 0 Å². The number of hydrogen-bond acceptors (Lipinski definition) is 4. The number of cyclic esters (lactones) is 1. The molecule has 0 aromatic heterocycles. The van der Waals surface area contributed by atoms with E-state index in [9.17, 15) is 14.0 Å². The molecular weight excluding hydrogens is 361 g/mol. The lowest BCUT2D eigenvalue weighted by atomic mass is 10.0. The molecule has 28 heavy (non-hydrogen) atoms. The number of nitrogens with two attached hydrogens (primary N) is 1. The van der Waals surface area contributed by atoms with E-state index in [1.165, 1.54) is 11.0 Å². The van der Waals surface area contributed by atoms with Gasteiger partial charge in [0.05, 0.1) is 18.8 Å². The molecule has 0 bridgehead atoms. The van der Waals surface area contributed by atoms with E-state index in [1.807, 2.05) is 19.1 Å². The standard InChI is InChI=1S/C21H24FN3O3/c1-2-3-17-13-25(21(27)28-17)16-8-9-18(19(22)10-16)15-6-4-14(5-7-15)12-24-20(26)11-23/h4-10,17H,2-3,11-13,23H2,1H3,(H,24,26)/t17-/m0/s1. The summed E-state index contributed by atoms with van der Waals surface area (Å²) in [4.78, 5) is 24.7. The largest absolute Gasteiger partial charge is 0.444 e. The fourth-order valence-corrected chi connectivity index (χ4v) is 3.19. The Hall–Kier alpha value is -2.93. The molecule has 1 fully saturated rings. The number of amides is 2. The highest BCUT2D eigenvalue weighted by Crippen LogP contribution is 2.29.